The number of halogens is 3. The van der Waals surface area contributed by atoms with Gasteiger partial charge in [0.25, 0.3) is 12.3 Å². The van der Waals surface area contributed by atoms with Crippen LogP contribution in [0.3, 0.4) is 0 Å². The number of anilines is 1. The average Bonchev–Trinajstić information content (AvgIpc) is 2.45. The fraction of sp³-hybridized carbons (Fsp3) is 0.529. The van der Waals surface area contributed by atoms with E-state index in [0.29, 0.717) is 24.1 Å². The van der Waals surface area contributed by atoms with Crippen molar-refractivity contribution in [2.45, 2.75) is 58.5 Å². The maximum absolute atomic E-state index is 12.8. The van der Waals surface area contributed by atoms with Crippen molar-refractivity contribution >= 4 is 11.7 Å². The topological polar surface area (TPSA) is 68.0 Å². The van der Waals surface area contributed by atoms with E-state index >= 15 is 0 Å². The number of aromatic nitrogens is 1. The van der Waals surface area contributed by atoms with Crippen molar-refractivity contribution in [1.29, 1.82) is 0 Å². The van der Waals surface area contributed by atoms with Crippen LogP contribution in [0, 0.1) is 6.92 Å². The number of nitrogens with one attached hydrogen (secondary N) is 1. The Morgan fingerprint density at radius 1 is 1.33 bits per heavy atom. The van der Waals surface area contributed by atoms with Crippen LogP contribution in [0.5, 0.6) is 0 Å². The molecule has 0 saturated carbocycles. The summed E-state index contributed by atoms with van der Waals surface area (Å²) in [7, 11) is 0. The lowest BCUT2D eigenvalue weighted by atomic mass is 9.99. The molecule has 4 nitrogen and oxygen atoms in total. The summed E-state index contributed by atoms with van der Waals surface area (Å²) >= 11 is 0. The van der Waals surface area contributed by atoms with Gasteiger partial charge in [-0.15, -0.1) is 0 Å². The molecule has 24 heavy (non-hydrogen) atoms. The molecule has 0 aliphatic heterocycles. The molecule has 1 atom stereocenters. The van der Waals surface area contributed by atoms with Crippen LogP contribution in [0.15, 0.2) is 18.3 Å². The lowest BCUT2D eigenvalue weighted by Crippen LogP contribution is -2.28. The third-order valence-corrected chi connectivity index (χ3v) is 3.61. The molecule has 1 aromatic rings. The molecule has 1 unspecified atom stereocenters. The number of nitrogens with two attached hydrogens (primary N) is 1. The first kappa shape index (κ1) is 20.0. The Hall–Kier alpha value is -2.05. The summed E-state index contributed by atoms with van der Waals surface area (Å²) in [5.74, 6) is -0.401. The van der Waals surface area contributed by atoms with Gasteiger partial charge in [-0.3, -0.25) is 4.79 Å². The van der Waals surface area contributed by atoms with Crippen LogP contribution >= 0.6 is 0 Å². The Kier molecular flexibility index (Phi) is 7.74. The molecule has 0 spiro atoms. The van der Waals surface area contributed by atoms with E-state index in [-0.39, 0.29) is 11.4 Å². The van der Waals surface area contributed by atoms with Crippen LogP contribution in [0.4, 0.5) is 19.0 Å². The smallest absolute Gasteiger partial charge is 0.277 e. The summed E-state index contributed by atoms with van der Waals surface area (Å²) < 4.78 is 37.9. The minimum Gasteiger partial charge on any atom is -0.384 e. The monoisotopic (exact) mass is 343 g/mol. The van der Waals surface area contributed by atoms with Crippen LogP contribution in [-0.2, 0) is 6.42 Å². The zero-order chi connectivity index (χ0) is 18.3. The number of alkyl halides is 3. The number of amides is 1. The SMILES string of the molecule is C=C(NC(=O)c1c(CCCCCC(C)F)cc(N)nc1C)C(F)F. The third kappa shape index (κ3) is 6.22. The molecule has 1 amide bonds. The third-order valence-electron chi connectivity index (χ3n) is 3.61. The van der Waals surface area contributed by atoms with Crippen molar-refractivity contribution in [3.63, 3.8) is 0 Å². The first-order valence-electron chi connectivity index (χ1n) is 7.90. The number of unbranched alkanes of at least 4 members (excludes halogenated alkanes) is 2. The highest BCUT2D eigenvalue weighted by Gasteiger charge is 2.19. The first-order chi connectivity index (χ1) is 11.2. The summed E-state index contributed by atoms with van der Waals surface area (Å²) in [5.41, 5.74) is 6.33. The standard InChI is InChI=1S/C17H24F3N3O/c1-10(18)7-5-4-6-8-13-9-14(21)22-11(2)15(13)17(24)23-12(3)16(19)20/h9-10,16H,3-8H2,1-2H3,(H2,21,22)(H,23,24). The summed E-state index contributed by atoms with van der Waals surface area (Å²) in [4.78, 5) is 16.3. The highest BCUT2D eigenvalue weighted by atomic mass is 19.3. The fourth-order valence-electron chi connectivity index (χ4n) is 2.45. The molecule has 0 aromatic carbocycles. The van der Waals surface area contributed by atoms with Crippen LogP contribution < -0.4 is 11.1 Å². The predicted molar refractivity (Wildman–Crippen MR) is 88.7 cm³/mol. The minimum absolute atomic E-state index is 0.241. The van der Waals surface area contributed by atoms with Gasteiger partial charge >= 0.3 is 0 Å². The second-order valence-electron chi connectivity index (χ2n) is 5.83. The van der Waals surface area contributed by atoms with Crippen LogP contribution in [0.2, 0.25) is 0 Å². The van der Waals surface area contributed by atoms with Crippen LogP contribution in [0.1, 0.15) is 54.2 Å². The van der Waals surface area contributed by atoms with Crippen LogP contribution in [-0.4, -0.2) is 23.5 Å². The number of allylic oxidation sites excluding steroid dienone is 1. The van der Waals surface area contributed by atoms with Gasteiger partial charge in [0.15, 0.2) is 0 Å². The van der Waals surface area contributed by atoms with E-state index in [1.165, 1.54) is 6.92 Å². The molecule has 1 heterocycles. The molecule has 1 rings (SSSR count). The maximum Gasteiger partial charge on any atom is 0.277 e. The molecule has 0 fully saturated rings. The molecule has 134 valence electrons. The maximum atomic E-state index is 12.8. The molecule has 0 bridgehead atoms. The van der Waals surface area contributed by atoms with Gasteiger partial charge in [-0.25, -0.2) is 18.2 Å². The molecule has 0 radical (unpaired) electrons. The normalized spacial score (nSPS) is 12.2. The number of pyridine rings is 1. The van der Waals surface area contributed by atoms with Gasteiger partial charge < -0.3 is 11.1 Å². The number of rotatable bonds is 9. The number of aryl methyl sites for hydroxylation is 2. The van der Waals surface area contributed by atoms with Gasteiger partial charge in [0.1, 0.15) is 5.82 Å². The van der Waals surface area contributed by atoms with Crippen molar-refractivity contribution in [2.75, 3.05) is 5.73 Å². The second kappa shape index (κ2) is 9.30. The molecule has 1 aromatic heterocycles. The fourth-order valence-corrected chi connectivity index (χ4v) is 2.45. The van der Waals surface area contributed by atoms with Crippen LogP contribution in [0.25, 0.3) is 0 Å². The van der Waals surface area contributed by atoms with Crippen molar-refractivity contribution in [1.82, 2.24) is 10.3 Å². The lowest BCUT2D eigenvalue weighted by molar-refractivity contribution is 0.0937. The Morgan fingerprint density at radius 3 is 2.58 bits per heavy atom. The molecule has 0 aliphatic carbocycles. The summed E-state index contributed by atoms with van der Waals surface area (Å²) in [6.45, 7) is 6.26. The predicted octanol–water partition coefficient (Wildman–Crippen LogP) is 3.94. The number of hydrogen-bond donors (Lipinski definition) is 2. The molecular formula is C17H24F3N3O. The van der Waals surface area contributed by atoms with E-state index < -0.39 is 24.2 Å². The largest absolute Gasteiger partial charge is 0.384 e. The van der Waals surface area contributed by atoms with Crippen molar-refractivity contribution < 1.29 is 18.0 Å². The number of carbonyl (C=O) groups excluding carboxylic acids is 1. The van der Waals surface area contributed by atoms with E-state index in [1.54, 1.807) is 13.0 Å². The van der Waals surface area contributed by atoms with Gasteiger partial charge in [0.2, 0.25) is 0 Å². The number of nitrogen functional groups attached to an aromatic ring is 1. The quantitative estimate of drug-likeness (QED) is 0.667. The number of hydrogen-bond acceptors (Lipinski definition) is 3. The van der Waals surface area contributed by atoms with E-state index in [2.05, 4.69) is 16.9 Å². The van der Waals surface area contributed by atoms with Gasteiger partial charge in [-0.2, -0.15) is 0 Å². The minimum atomic E-state index is -2.83. The van der Waals surface area contributed by atoms with E-state index in [1.807, 2.05) is 0 Å². The Bertz CT molecular complexity index is 589. The molecule has 0 saturated heterocycles. The van der Waals surface area contributed by atoms with E-state index in [9.17, 15) is 18.0 Å². The molecule has 7 heteroatoms. The summed E-state index contributed by atoms with van der Waals surface area (Å²) in [5, 5.41) is 2.10. The molecule has 0 aliphatic rings. The van der Waals surface area contributed by atoms with Gasteiger partial charge in [0, 0.05) is 0 Å². The number of carbonyl (C=O) groups is 1. The van der Waals surface area contributed by atoms with Gasteiger partial charge in [0.05, 0.1) is 23.1 Å². The number of nitrogens with zero attached hydrogens (tertiary/aromatic N) is 1. The zero-order valence-corrected chi connectivity index (χ0v) is 14.0. The van der Waals surface area contributed by atoms with Crippen molar-refractivity contribution in [3.05, 3.63) is 35.2 Å². The lowest BCUT2D eigenvalue weighted by Gasteiger charge is -2.14. The molecular weight excluding hydrogens is 319 g/mol. The Balaban J connectivity index is 2.83. The van der Waals surface area contributed by atoms with Gasteiger partial charge in [-0.05, 0) is 44.7 Å². The Labute approximate surface area is 140 Å². The summed E-state index contributed by atoms with van der Waals surface area (Å²) in [6.07, 6.45) is -0.322. The van der Waals surface area contributed by atoms with Crippen molar-refractivity contribution in [2.24, 2.45) is 0 Å². The highest BCUT2D eigenvalue weighted by Crippen LogP contribution is 2.20. The highest BCUT2D eigenvalue weighted by molar-refractivity contribution is 5.98. The second-order valence-corrected chi connectivity index (χ2v) is 5.83. The van der Waals surface area contributed by atoms with Gasteiger partial charge in [-0.1, -0.05) is 19.4 Å². The molecule has 3 N–H and O–H groups in total. The van der Waals surface area contributed by atoms with E-state index in [0.717, 1.165) is 19.3 Å². The Morgan fingerprint density at radius 2 is 2.00 bits per heavy atom. The van der Waals surface area contributed by atoms with E-state index in [4.69, 9.17) is 5.73 Å². The first-order valence-corrected chi connectivity index (χ1v) is 7.90. The van der Waals surface area contributed by atoms with Crippen molar-refractivity contribution in [3.8, 4) is 0 Å². The average molecular weight is 343 g/mol. The summed E-state index contributed by atoms with van der Waals surface area (Å²) in [6, 6.07) is 1.57. The zero-order valence-electron chi connectivity index (χ0n) is 14.0.